The maximum absolute atomic E-state index is 12.1. The summed E-state index contributed by atoms with van der Waals surface area (Å²) in [6, 6.07) is 9.57. The Kier molecular flexibility index (Phi) is 3.41. The third-order valence-electron chi connectivity index (χ3n) is 3.45. The van der Waals surface area contributed by atoms with Crippen molar-refractivity contribution in [3.05, 3.63) is 48.5 Å². The fraction of sp³-hybridized carbons (Fsp3) is 0.333. The number of aromatic nitrogens is 2. The molecule has 1 heterocycles. The molecule has 1 saturated carbocycles. The number of hydrogen-bond acceptors (Lipinski definition) is 4. The van der Waals surface area contributed by atoms with Crippen LogP contribution < -0.4 is 5.32 Å². The summed E-state index contributed by atoms with van der Waals surface area (Å²) in [4.78, 5) is 16.3. The van der Waals surface area contributed by atoms with Gasteiger partial charge in [0.15, 0.2) is 6.04 Å². The Bertz CT molecular complexity index is 590. The molecule has 2 aromatic rings. The first-order valence-electron chi connectivity index (χ1n) is 6.70. The van der Waals surface area contributed by atoms with Crippen LogP contribution in [0.1, 0.15) is 30.6 Å². The number of para-hydroxylation sites is 1. The molecule has 5 heteroatoms. The molecule has 0 bridgehead atoms. The zero-order valence-corrected chi connectivity index (χ0v) is 11.3. The number of rotatable bonds is 5. The minimum atomic E-state index is -0.537. The summed E-state index contributed by atoms with van der Waals surface area (Å²) >= 11 is 0. The van der Waals surface area contributed by atoms with Gasteiger partial charge >= 0.3 is 5.97 Å². The molecule has 0 saturated heterocycles. The molecule has 1 N–H and O–H groups in total. The molecule has 1 aromatic heterocycles. The van der Waals surface area contributed by atoms with Gasteiger partial charge in [-0.15, -0.1) is 0 Å². The van der Waals surface area contributed by atoms with E-state index in [1.165, 1.54) is 7.11 Å². The lowest BCUT2D eigenvalue weighted by molar-refractivity contribution is -0.141. The van der Waals surface area contributed by atoms with E-state index < -0.39 is 6.04 Å². The third kappa shape index (κ3) is 2.52. The van der Waals surface area contributed by atoms with Gasteiger partial charge in [-0.25, -0.2) is 9.78 Å². The maximum atomic E-state index is 12.1. The number of carbonyl (C=O) groups is 1. The van der Waals surface area contributed by atoms with Crippen LogP contribution in [0.15, 0.2) is 42.9 Å². The summed E-state index contributed by atoms with van der Waals surface area (Å²) in [6.45, 7) is 0. The lowest BCUT2D eigenvalue weighted by atomic mass is 10.2. The van der Waals surface area contributed by atoms with Gasteiger partial charge in [-0.3, -0.25) is 0 Å². The van der Waals surface area contributed by atoms with Crippen LogP contribution in [0.25, 0.3) is 0 Å². The van der Waals surface area contributed by atoms with E-state index in [1.807, 2.05) is 30.3 Å². The summed E-state index contributed by atoms with van der Waals surface area (Å²) in [5.74, 6) is -0.309. The zero-order chi connectivity index (χ0) is 13.9. The second-order valence-corrected chi connectivity index (χ2v) is 4.92. The monoisotopic (exact) mass is 271 g/mol. The van der Waals surface area contributed by atoms with E-state index in [1.54, 1.807) is 12.5 Å². The first-order valence-corrected chi connectivity index (χ1v) is 6.70. The molecule has 3 rings (SSSR count). The van der Waals surface area contributed by atoms with Gasteiger partial charge in [-0.05, 0) is 25.0 Å². The van der Waals surface area contributed by atoms with Crippen LogP contribution in [0.3, 0.4) is 0 Å². The van der Waals surface area contributed by atoms with Crippen LogP contribution in [0.2, 0.25) is 0 Å². The van der Waals surface area contributed by atoms with E-state index in [-0.39, 0.29) is 5.97 Å². The number of ether oxygens (including phenoxy) is 1. The van der Waals surface area contributed by atoms with Crippen LogP contribution in [-0.2, 0) is 9.53 Å². The van der Waals surface area contributed by atoms with Gasteiger partial charge in [-0.2, -0.15) is 0 Å². The number of imidazole rings is 1. The van der Waals surface area contributed by atoms with Crippen molar-refractivity contribution in [1.29, 1.82) is 0 Å². The zero-order valence-electron chi connectivity index (χ0n) is 11.3. The highest BCUT2D eigenvalue weighted by Gasteiger charge is 2.31. The van der Waals surface area contributed by atoms with Crippen LogP contribution in [-0.4, -0.2) is 22.6 Å². The summed E-state index contributed by atoms with van der Waals surface area (Å²) in [5.41, 5.74) is 1.73. The largest absolute Gasteiger partial charge is 0.467 e. The van der Waals surface area contributed by atoms with Crippen LogP contribution in [0.4, 0.5) is 5.69 Å². The van der Waals surface area contributed by atoms with Crippen LogP contribution >= 0.6 is 0 Å². The van der Waals surface area contributed by atoms with Crippen molar-refractivity contribution in [2.75, 3.05) is 12.4 Å². The molecule has 104 valence electrons. The SMILES string of the molecule is COC(=O)C(Nc1ccccc1)c1cncn1C1CC1. The normalized spacial score (nSPS) is 15.7. The van der Waals surface area contributed by atoms with Gasteiger partial charge in [0.2, 0.25) is 0 Å². The first-order chi connectivity index (χ1) is 9.79. The standard InChI is InChI=1S/C15H17N3O2/c1-20-15(19)14(17-11-5-3-2-4-6-11)13-9-16-10-18(13)12-7-8-12/h2-6,9-10,12,14,17H,7-8H2,1H3. The van der Waals surface area contributed by atoms with Gasteiger partial charge in [0.25, 0.3) is 0 Å². The highest BCUT2D eigenvalue weighted by atomic mass is 16.5. The number of nitrogens with one attached hydrogen (secondary N) is 1. The summed E-state index contributed by atoms with van der Waals surface area (Å²) in [5, 5.41) is 3.22. The van der Waals surface area contributed by atoms with Crippen molar-refractivity contribution in [2.45, 2.75) is 24.9 Å². The summed E-state index contributed by atoms with van der Waals surface area (Å²) < 4.78 is 6.99. The van der Waals surface area contributed by atoms with E-state index in [4.69, 9.17) is 4.74 Å². The lowest BCUT2D eigenvalue weighted by Gasteiger charge is -2.19. The molecule has 0 aliphatic heterocycles. The summed E-state index contributed by atoms with van der Waals surface area (Å²) in [6.07, 6.45) is 5.80. The molecule has 1 aromatic carbocycles. The summed E-state index contributed by atoms with van der Waals surface area (Å²) in [7, 11) is 1.40. The van der Waals surface area contributed by atoms with E-state index in [2.05, 4.69) is 14.9 Å². The molecule has 1 unspecified atom stereocenters. The van der Waals surface area contributed by atoms with Crippen molar-refractivity contribution >= 4 is 11.7 Å². The van der Waals surface area contributed by atoms with Crippen molar-refractivity contribution in [1.82, 2.24) is 9.55 Å². The number of esters is 1. The Morgan fingerprint density at radius 3 is 2.80 bits per heavy atom. The number of carbonyl (C=O) groups excluding carboxylic acids is 1. The van der Waals surface area contributed by atoms with Gasteiger partial charge < -0.3 is 14.6 Å². The molecule has 1 fully saturated rings. The molecule has 0 amide bonds. The Hall–Kier alpha value is -2.30. The van der Waals surface area contributed by atoms with Crippen LogP contribution in [0, 0.1) is 0 Å². The average Bonchev–Trinajstić information content (AvgIpc) is 3.23. The van der Waals surface area contributed by atoms with Crippen molar-refractivity contribution < 1.29 is 9.53 Å². The van der Waals surface area contributed by atoms with Gasteiger partial charge in [0, 0.05) is 11.7 Å². The Labute approximate surface area is 117 Å². The average molecular weight is 271 g/mol. The topological polar surface area (TPSA) is 56.1 Å². The Balaban J connectivity index is 1.89. The van der Waals surface area contributed by atoms with Crippen molar-refractivity contribution in [3.8, 4) is 0 Å². The molecule has 1 aliphatic rings. The predicted octanol–water partition coefficient (Wildman–Crippen LogP) is 2.54. The maximum Gasteiger partial charge on any atom is 0.334 e. The molecular formula is C15H17N3O2. The molecule has 1 aliphatic carbocycles. The van der Waals surface area contributed by atoms with E-state index in [0.29, 0.717) is 6.04 Å². The number of methoxy groups -OCH3 is 1. The highest BCUT2D eigenvalue weighted by Crippen LogP contribution is 2.37. The fourth-order valence-corrected chi connectivity index (χ4v) is 2.27. The van der Waals surface area contributed by atoms with Crippen molar-refractivity contribution in [2.24, 2.45) is 0 Å². The van der Waals surface area contributed by atoms with E-state index in [9.17, 15) is 4.79 Å². The molecule has 1 atom stereocenters. The number of benzene rings is 1. The first kappa shape index (κ1) is 12.7. The quantitative estimate of drug-likeness (QED) is 0.849. The Morgan fingerprint density at radius 2 is 2.15 bits per heavy atom. The number of nitrogens with zero attached hydrogens (tertiary/aromatic N) is 2. The molecular weight excluding hydrogens is 254 g/mol. The number of anilines is 1. The smallest absolute Gasteiger partial charge is 0.334 e. The minimum Gasteiger partial charge on any atom is -0.467 e. The van der Waals surface area contributed by atoms with Crippen LogP contribution in [0.5, 0.6) is 0 Å². The molecule has 0 radical (unpaired) electrons. The van der Waals surface area contributed by atoms with E-state index in [0.717, 1.165) is 24.2 Å². The van der Waals surface area contributed by atoms with Gasteiger partial charge in [0.05, 0.1) is 25.3 Å². The molecule has 0 spiro atoms. The predicted molar refractivity (Wildman–Crippen MR) is 75.3 cm³/mol. The second kappa shape index (κ2) is 5.36. The molecule has 20 heavy (non-hydrogen) atoms. The molecule has 5 nitrogen and oxygen atoms in total. The number of hydrogen-bond donors (Lipinski definition) is 1. The second-order valence-electron chi connectivity index (χ2n) is 4.92. The lowest BCUT2D eigenvalue weighted by Crippen LogP contribution is -2.24. The van der Waals surface area contributed by atoms with Gasteiger partial charge in [0.1, 0.15) is 0 Å². The third-order valence-corrected chi connectivity index (χ3v) is 3.45. The van der Waals surface area contributed by atoms with Gasteiger partial charge in [-0.1, -0.05) is 18.2 Å². The Morgan fingerprint density at radius 1 is 1.40 bits per heavy atom. The minimum absolute atomic E-state index is 0.309. The van der Waals surface area contributed by atoms with Crippen molar-refractivity contribution in [3.63, 3.8) is 0 Å². The van der Waals surface area contributed by atoms with E-state index >= 15 is 0 Å². The highest BCUT2D eigenvalue weighted by molar-refractivity contribution is 5.80. The fourth-order valence-electron chi connectivity index (χ4n) is 2.27.